The first-order valence-electron chi connectivity index (χ1n) is 8.98. The van der Waals surface area contributed by atoms with Crippen molar-refractivity contribution in [1.82, 2.24) is 4.98 Å². The topological polar surface area (TPSA) is 37.3 Å². The number of piperidine rings is 1. The number of rotatable bonds is 3. The second kappa shape index (κ2) is 6.48. The molecule has 2 aromatic rings. The molecule has 124 valence electrons. The van der Waals surface area contributed by atoms with Crippen molar-refractivity contribution < 1.29 is 4.90 Å². The van der Waals surface area contributed by atoms with E-state index in [9.17, 15) is 4.79 Å². The third kappa shape index (κ3) is 3.07. The van der Waals surface area contributed by atoms with Crippen molar-refractivity contribution in [3.63, 3.8) is 0 Å². The average Bonchev–Trinajstić information content (AvgIpc) is 2.53. The first-order valence-corrected chi connectivity index (χ1v) is 8.98. The van der Waals surface area contributed by atoms with Crippen LogP contribution in [0.25, 0.3) is 10.9 Å². The molecule has 1 aliphatic rings. The molecule has 0 saturated carbocycles. The summed E-state index contributed by atoms with van der Waals surface area (Å²) < 4.78 is 0. The van der Waals surface area contributed by atoms with Gasteiger partial charge in [0.25, 0.3) is 0 Å². The molecule has 1 unspecified atom stereocenters. The normalized spacial score (nSPS) is 21.7. The van der Waals surface area contributed by atoms with Crippen LogP contribution in [-0.2, 0) is 6.54 Å². The van der Waals surface area contributed by atoms with Gasteiger partial charge >= 0.3 is 0 Å². The van der Waals surface area contributed by atoms with E-state index in [1.807, 2.05) is 6.07 Å². The summed E-state index contributed by atoms with van der Waals surface area (Å²) in [5.74, 6) is 0. The number of aromatic nitrogens is 1. The molecule has 0 radical (unpaired) electrons. The molecule has 0 bridgehead atoms. The molecule has 0 spiro atoms. The highest BCUT2D eigenvalue weighted by molar-refractivity contribution is 5.83. The molecule has 1 fully saturated rings. The van der Waals surface area contributed by atoms with Crippen molar-refractivity contribution in [2.75, 3.05) is 6.54 Å². The molecule has 23 heavy (non-hydrogen) atoms. The fourth-order valence-electron chi connectivity index (χ4n) is 4.22. The highest BCUT2D eigenvalue weighted by Crippen LogP contribution is 2.18. The molecule has 2 N–H and O–H groups in total. The number of quaternary nitrogens is 1. The first-order chi connectivity index (χ1) is 11.0. The second-order valence-electron chi connectivity index (χ2n) is 7.25. The summed E-state index contributed by atoms with van der Waals surface area (Å²) in [6, 6.07) is 4.88. The van der Waals surface area contributed by atoms with Crippen LogP contribution < -0.4 is 10.3 Å². The summed E-state index contributed by atoms with van der Waals surface area (Å²) in [4.78, 5) is 18.2. The zero-order valence-electron chi connectivity index (χ0n) is 14.9. The number of benzene rings is 1. The number of hydrogen-bond acceptors (Lipinski definition) is 1. The second-order valence-corrected chi connectivity index (χ2v) is 7.25. The zero-order chi connectivity index (χ0) is 16.6. The van der Waals surface area contributed by atoms with Gasteiger partial charge in [-0.15, -0.1) is 0 Å². The summed E-state index contributed by atoms with van der Waals surface area (Å²) in [5.41, 5.74) is 5.58. The maximum atomic E-state index is 13.1. The van der Waals surface area contributed by atoms with E-state index in [4.69, 9.17) is 0 Å². The van der Waals surface area contributed by atoms with Crippen LogP contribution >= 0.6 is 0 Å². The Balaban J connectivity index is 2.05. The van der Waals surface area contributed by atoms with Gasteiger partial charge in [0.15, 0.2) is 5.43 Å². The van der Waals surface area contributed by atoms with Crippen molar-refractivity contribution in [1.29, 1.82) is 0 Å². The number of hydrogen-bond donors (Lipinski definition) is 2. The molecule has 1 saturated heterocycles. The van der Waals surface area contributed by atoms with Crippen LogP contribution in [-0.4, -0.2) is 17.6 Å². The van der Waals surface area contributed by atoms with Gasteiger partial charge in [-0.25, -0.2) is 0 Å². The summed E-state index contributed by atoms with van der Waals surface area (Å²) in [7, 11) is 0. The SMILES string of the molecule is CC[C@H]1CCCC[NH+]1Cc1c(C)[nH]c2c(C)cc(C)cc2c1=O. The van der Waals surface area contributed by atoms with E-state index in [0.717, 1.165) is 39.8 Å². The predicted molar refractivity (Wildman–Crippen MR) is 96.2 cm³/mol. The van der Waals surface area contributed by atoms with Gasteiger partial charge in [0.05, 0.1) is 23.7 Å². The molecule has 3 rings (SSSR count). The van der Waals surface area contributed by atoms with Gasteiger partial charge in [-0.3, -0.25) is 4.79 Å². The van der Waals surface area contributed by atoms with E-state index in [-0.39, 0.29) is 5.43 Å². The number of fused-ring (bicyclic) bond motifs is 1. The Kier molecular flexibility index (Phi) is 4.58. The van der Waals surface area contributed by atoms with Crippen LogP contribution in [0, 0.1) is 20.8 Å². The number of H-pyrrole nitrogens is 1. The fraction of sp³-hybridized carbons (Fsp3) is 0.550. The van der Waals surface area contributed by atoms with Gasteiger partial charge in [0.1, 0.15) is 6.54 Å². The van der Waals surface area contributed by atoms with Gasteiger partial charge in [-0.1, -0.05) is 13.0 Å². The van der Waals surface area contributed by atoms with E-state index in [0.29, 0.717) is 6.04 Å². The van der Waals surface area contributed by atoms with Crippen LogP contribution in [0.2, 0.25) is 0 Å². The van der Waals surface area contributed by atoms with E-state index < -0.39 is 0 Å². The summed E-state index contributed by atoms with van der Waals surface area (Å²) in [5, 5.41) is 0.854. The zero-order valence-corrected chi connectivity index (χ0v) is 14.9. The average molecular weight is 313 g/mol. The van der Waals surface area contributed by atoms with Crippen LogP contribution in [0.3, 0.4) is 0 Å². The van der Waals surface area contributed by atoms with Crippen molar-refractivity contribution in [2.24, 2.45) is 0 Å². The van der Waals surface area contributed by atoms with Gasteiger partial charge in [0, 0.05) is 11.1 Å². The third-order valence-electron chi connectivity index (χ3n) is 5.54. The van der Waals surface area contributed by atoms with E-state index in [1.165, 1.54) is 32.2 Å². The number of pyridine rings is 1. The van der Waals surface area contributed by atoms with Gasteiger partial charge in [-0.05, 0) is 63.6 Å². The maximum absolute atomic E-state index is 13.1. The minimum absolute atomic E-state index is 0.232. The van der Waals surface area contributed by atoms with Crippen LogP contribution in [0.5, 0.6) is 0 Å². The van der Waals surface area contributed by atoms with E-state index in [1.54, 1.807) is 4.90 Å². The molecule has 1 aromatic heterocycles. The van der Waals surface area contributed by atoms with Gasteiger partial charge < -0.3 is 9.88 Å². The summed E-state index contributed by atoms with van der Waals surface area (Å²) in [6.45, 7) is 10.5. The number of aromatic amines is 1. The molecule has 3 heteroatoms. The van der Waals surface area contributed by atoms with Crippen molar-refractivity contribution in [3.05, 3.63) is 44.7 Å². The third-order valence-corrected chi connectivity index (χ3v) is 5.54. The van der Waals surface area contributed by atoms with E-state index in [2.05, 4.69) is 38.7 Å². The Morgan fingerprint density at radius 1 is 1.22 bits per heavy atom. The Labute approximate surface area is 138 Å². The number of likely N-dealkylation sites (tertiary alicyclic amines) is 1. The predicted octanol–water partition coefficient (Wildman–Crippen LogP) is 2.80. The van der Waals surface area contributed by atoms with Crippen LogP contribution in [0.15, 0.2) is 16.9 Å². The van der Waals surface area contributed by atoms with Gasteiger partial charge in [0.2, 0.25) is 0 Å². The smallest absolute Gasteiger partial charge is 0.198 e. The highest BCUT2D eigenvalue weighted by atomic mass is 16.1. The van der Waals surface area contributed by atoms with Crippen LogP contribution in [0.1, 0.15) is 55.0 Å². The largest absolute Gasteiger partial charge is 0.358 e. The Morgan fingerprint density at radius 3 is 2.74 bits per heavy atom. The molecular weight excluding hydrogens is 284 g/mol. The standard InChI is InChI=1S/C20H28N2O/c1-5-16-8-6-7-9-22(16)12-18-15(4)21-19-14(3)10-13(2)11-17(19)20(18)23/h10-11,16H,5-9,12H2,1-4H3,(H,21,23)/p+1/t16-/m0/s1. The van der Waals surface area contributed by atoms with Gasteiger partial charge in [-0.2, -0.15) is 0 Å². The monoisotopic (exact) mass is 313 g/mol. The number of nitrogens with one attached hydrogen (secondary N) is 2. The highest BCUT2D eigenvalue weighted by Gasteiger charge is 2.26. The molecular formula is C20H29N2O+. The molecule has 0 amide bonds. The molecule has 3 nitrogen and oxygen atoms in total. The minimum Gasteiger partial charge on any atom is -0.358 e. The Morgan fingerprint density at radius 2 is 2.00 bits per heavy atom. The Bertz CT molecular complexity index is 775. The van der Waals surface area contributed by atoms with Crippen molar-refractivity contribution in [2.45, 2.75) is 66.0 Å². The molecule has 1 aromatic carbocycles. The lowest BCUT2D eigenvalue weighted by Crippen LogP contribution is -3.15. The quantitative estimate of drug-likeness (QED) is 0.898. The first kappa shape index (κ1) is 16.3. The lowest BCUT2D eigenvalue weighted by atomic mass is 9.98. The van der Waals surface area contributed by atoms with Crippen LogP contribution in [0.4, 0.5) is 0 Å². The maximum Gasteiger partial charge on any atom is 0.198 e. The minimum atomic E-state index is 0.232. The molecule has 1 aliphatic heterocycles. The summed E-state index contributed by atoms with van der Waals surface area (Å²) >= 11 is 0. The fourth-order valence-corrected chi connectivity index (χ4v) is 4.22. The van der Waals surface area contributed by atoms with Crippen molar-refractivity contribution >= 4 is 10.9 Å². The molecule has 0 aliphatic carbocycles. The van der Waals surface area contributed by atoms with Crippen molar-refractivity contribution in [3.8, 4) is 0 Å². The molecule has 2 heterocycles. The Hall–Kier alpha value is -1.61. The molecule has 2 atom stereocenters. The lowest BCUT2D eigenvalue weighted by molar-refractivity contribution is -0.944. The summed E-state index contributed by atoms with van der Waals surface area (Å²) in [6.07, 6.45) is 5.13. The van der Waals surface area contributed by atoms with E-state index >= 15 is 0 Å². The number of aryl methyl sites for hydroxylation is 3. The lowest BCUT2D eigenvalue weighted by Gasteiger charge is -2.32.